The zero-order chi connectivity index (χ0) is 22.0. The number of fused-ring (bicyclic) bond motifs is 1. The molecule has 2 heterocycles. The molecular weight excluding hydrogens is 402 g/mol. The van der Waals surface area contributed by atoms with Gasteiger partial charge in [-0.25, -0.2) is 4.98 Å². The maximum Gasteiger partial charge on any atom is 0.286 e. The fourth-order valence-electron chi connectivity index (χ4n) is 3.65. The van der Waals surface area contributed by atoms with Gasteiger partial charge in [0, 0.05) is 30.5 Å². The van der Waals surface area contributed by atoms with Crippen LogP contribution in [0.1, 0.15) is 16.8 Å². The highest BCUT2D eigenvalue weighted by Crippen LogP contribution is 2.35. The molecule has 0 spiro atoms. The van der Waals surface area contributed by atoms with Gasteiger partial charge in [0.1, 0.15) is 11.7 Å². The van der Waals surface area contributed by atoms with Gasteiger partial charge in [-0.3, -0.25) is 14.9 Å². The normalized spacial score (nSPS) is 15.7. The number of nitro benzene ring substituents is 1. The highest BCUT2D eigenvalue weighted by molar-refractivity contribution is 5.99. The Labute approximate surface area is 178 Å². The quantitative estimate of drug-likeness (QED) is 0.442. The number of para-hydroxylation sites is 1. The van der Waals surface area contributed by atoms with Crippen molar-refractivity contribution >= 4 is 22.5 Å². The van der Waals surface area contributed by atoms with Gasteiger partial charge in [-0.15, -0.1) is 0 Å². The van der Waals surface area contributed by atoms with Crippen LogP contribution in [0.5, 0.6) is 17.4 Å². The van der Waals surface area contributed by atoms with Gasteiger partial charge in [0.2, 0.25) is 5.88 Å². The summed E-state index contributed by atoms with van der Waals surface area (Å²) < 4.78 is 16.3. The molecule has 1 aromatic heterocycles. The predicted molar refractivity (Wildman–Crippen MR) is 113 cm³/mol. The number of carbonyl (C=O) groups excluding carboxylic acids is 1. The molecule has 0 bridgehead atoms. The number of ether oxygens (including phenoxy) is 3. The number of hydrogen-bond donors (Lipinski definition) is 0. The largest absolute Gasteiger partial charge is 0.493 e. The molecule has 0 saturated carbocycles. The molecule has 160 valence electrons. The molecule has 0 radical (unpaired) electrons. The van der Waals surface area contributed by atoms with Gasteiger partial charge in [-0.05, 0) is 12.1 Å². The molecule has 1 unspecified atom stereocenters. The van der Waals surface area contributed by atoms with E-state index in [1.54, 1.807) is 11.0 Å². The average molecular weight is 423 g/mol. The van der Waals surface area contributed by atoms with Crippen LogP contribution in [-0.2, 0) is 0 Å². The van der Waals surface area contributed by atoms with Crippen molar-refractivity contribution in [2.24, 2.45) is 0 Å². The van der Waals surface area contributed by atoms with Crippen molar-refractivity contribution in [3.63, 3.8) is 0 Å². The van der Waals surface area contributed by atoms with Crippen LogP contribution in [0.4, 0.5) is 5.69 Å². The highest BCUT2D eigenvalue weighted by atomic mass is 16.6. The Kier molecular flexibility index (Phi) is 5.57. The number of likely N-dealkylation sites (tertiary alicyclic amines) is 1. The predicted octanol–water partition coefficient (Wildman–Crippen LogP) is 3.45. The fourth-order valence-corrected chi connectivity index (χ4v) is 3.65. The number of hydrogen-bond acceptors (Lipinski definition) is 7. The molecule has 1 aliphatic rings. The van der Waals surface area contributed by atoms with Gasteiger partial charge in [-0.1, -0.05) is 18.2 Å². The minimum Gasteiger partial charge on any atom is -0.493 e. The summed E-state index contributed by atoms with van der Waals surface area (Å²) in [5, 5.41) is 12.5. The average Bonchev–Trinajstić information content (AvgIpc) is 3.25. The Hall–Kier alpha value is -3.88. The summed E-state index contributed by atoms with van der Waals surface area (Å²) in [5.41, 5.74) is 0.447. The van der Waals surface area contributed by atoms with Crippen molar-refractivity contribution < 1.29 is 23.9 Å². The molecule has 31 heavy (non-hydrogen) atoms. The van der Waals surface area contributed by atoms with Crippen molar-refractivity contribution in [3.8, 4) is 17.4 Å². The summed E-state index contributed by atoms with van der Waals surface area (Å²) in [6.07, 6.45) is 0.346. The van der Waals surface area contributed by atoms with E-state index in [9.17, 15) is 14.9 Å². The van der Waals surface area contributed by atoms with Crippen LogP contribution in [-0.4, -0.2) is 54.1 Å². The third kappa shape index (κ3) is 4.07. The molecule has 9 nitrogen and oxygen atoms in total. The van der Waals surface area contributed by atoms with Gasteiger partial charge in [-0.2, -0.15) is 0 Å². The smallest absolute Gasteiger partial charge is 0.286 e. The zero-order valence-electron chi connectivity index (χ0n) is 17.1. The van der Waals surface area contributed by atoms with Crippen LogP contribution in [0.2, 0.25) is 0 Å². The van der Waals surface area contributed by atoms with Crippen LogP contribution in [0, 0.1) is 10.1 Å². The molecular formula is C22H21N3O6. The maximum absolute atomic E-state index is 13.1. The first-order valence-electron chi connectivity index (χ1n) is 9.72. The second kappa shape index (κ2) is 8.47. The van der Waals surface area contributed by atoms with Gasteiger partial charge in [0.15, 0.2) is 11.5 Å². The number of pyridine rings is 1. The van der Waals surface area contributed by atoms with Gasteiger partial charge in [0.25, 0.3) is 11.6 Å². The number of amides is 1. The van der Waals surface area contributed by atoms with Crippen LogP contribution in [0.15, 0.2) is 48.5 Å². The van der Waals surface area contributed by atoms with E-state index in [4.69, 9.17) is 14.2 Å². The molecule has 1 aliphatic heterocycles. The monoisotopic (exact) mass is 423 g/mol. The van der Waals surface area contributed by atoms with Crippen molar-refractivity contribution in [1.29, 1.82) is 0 Å². The molecule has 1 fully saturated rings. The van der Waals surface area contributed by atoms with Gasteiger partial charge >= 0.3 is 0 Å². The number of nitrogens with zero attached hydrogens (tertiary/aromatic N) is 3. The van der Waals surface area contributed by atoms with Crippen LogP contribution < -0.4 is 14.2 Å². The Morgan fingerprint density at radius 3 is 2.61 bits per heavy atom. The van der Waals surface area contributed by atoms with E-state index in [-0.39, 0.29) is 28.9 Å². The van der Waals surface area contributed by atoms with E-state index in [1.165, 1.54) is 26.4 Å². The Morgan fingerprint density at radius 2 is 1.87 bits per heavy atom. The summed E-state index contributed by atoms with van der Waals surface area (Å²) >= 11 is 0. The first kappa shape index (κ1) is 20.4. The van der Waals surface area contributed by atoms with Crippen LogP contribution in [0.25, 0.3) is 10.9 Å². The van der Waals surface area contributed by atoms with E-state index < -0.39 is 10.8 Å². The summed E-state index contributed by atoms with van der Waals surface area (Å²) in [6, 6.07) is 14.0. The molecule has 2 aromatic carbocycles. The third-order valence-electron chi connectivity index (χ3n) is 5.22. The van der Waals surface area contributed by atoms with Crippen LogP contribution >= 0.6 is 0 Å². The summed E-state index contributed by atoms with van der Waals surface area (Å²) in [4.78, 5) is 30.0. The lowest BCUT2D eigenvalue weighted by Crippen LogP contribution is -2.31. The van der Waals surface area contributed by atoms with Crippen molar-refractivity contribution in [1.82, 2.24) is 9.88 Å². The minimum atomic E-state index is -0.599. The number of carbonyl (C=O) groups is 1. The summed E-state index contributed by atoms with van der Waals surface area (Å²) in [5.74, 6) is 0.472. The van der Waals surface area contributed by atoms with E-state index in [0.29, 0.717) is 25.4 Å². The minimum absolute atomic E-state index is 0.0490. The lowest BCUT2D eigenvalue weighted by atomic mass is 10.1. The van der Waals surface area contributed by atoms with Gasteiger partial charge in [0.05, 0.1) is 37.3 Å². The number of nitro groups is 1. The standard InChI is InChI=1S/C22H21N3O6/c1-29-19-11-16(18(25(27)28)12-20(19)30-2)22(26)24-10-9-15(13-24)31-21-8-7-14-5-3-4-6-17(14)23-21/h3-8,11-12,15H,9-10,13H2,1-2H3. The third-order valence-corrected chi connectivity index (χ3v) is 5.22. The molecule has 9 heteroatoms. The lowest BCUT2D eigenvalue weighted by Gasteiger charge is -2.18. The number of methoxy groups -OCH3 is 2. The second-order valence-corrected chi connectivity index (χ2v) is 7.10. The zero-order valence-corrected chi connectivity index (χ0v) is 17.1. The van der Waals surface area contributed by atoms with Crippen LogP contribution in [0.3, 0.4) is 0 Å². The maximum atomic E-state index is 13.1. The SMILES string of the molecule is COc1cc(C(=O)N2CCC(Oc3ccc4ccccc4n3)C2)c([N+](=O)[O-])cc1OC. The molecule has 0 N–H and O–H groups in total. The molecule has 4 rings (SSSR count). The first-order chi connectivity index (χ1) is 15.0. The van der Waals surface area contributed by atoms with E-state index >= 15 is 0 Å². The van der Waals surface area contributed by atoms with Gasteiger partial charge < -0.3 is 19.1 Å². The molecule has 1 saturated heterocycles. The van der Waals surface area contributed by atoms with E-state index in [0.717, 1.165) is 10.9 Å². The molecule has 1 atom stereocenters. The number of benzene rings is 2. The van der Waals surface area contributed by atoms with Crippen molar-refractivity contribution in [3.05, 3.63) is 64.2 Å². The Balaban J connectivity index is 1.52. The lowest BCUT2D eigenvalue weighted by molar-refractivity contribution is -0.385. The summed E-state index contributed by atoms with van der Waals surface area (Å²) in [7, 11) is 2.79. The fraction of sp³-hybridized carbons (Fsp3) is 0.273. The number of aromatic nitrogens is 1. The second-order valence-electron chi connectivity index (χ2n) is 7.10. The highest BCUT2D eigenvalue weighted by Gasteiger charge is 2.33. The van der Waals surface area contributed by atoms with E-state index in [1.807, 2.05) is 30.3 Å². The molecule has 1 amide bonds. The molecule has 3 aromatic rings. The van der Waals surface area contributed by atoms with Crippen molar-refractivity contribution in [2.75, 3.05) is 27.3 Å². The Bertz CT molecular complexity index is 1150. The Morgan fingerprint density at radius 1 is 1.13 bits per heavy atom. The molecule has 0 aliphatic carbocycles. The topological polar surface area (TPSA) is 104 Å². The van der Waals surface area contributed by atoms with E-state index in [2.05, 4.69) is 4.98 Å². The number of rotatable bonds is 6. The van der Waals surface area contributed by atoms with Crippen molar-refractivity contribution in [2.45, 2.75) is 12.5 Å². The first-order valence-corrected chi connectivity index (χ1v) is 9.72. The summed E-state index contributed by atoms with van der Waals surface area (Å²) in [6.45, 7) is 0.724.